The first-order valence-corrected chi connectivity index (χ1v) is 10.5. The zero-order chi connectivity index (χ0) is 20.1. The number of aryl methyl sites for hydroxylation is 1. The highest BCUT2D eigenvalue weighted by Crippen LogP contribution is 2.25. The Hall–Kier alpha value is -2.66. The third-order valence-corrected chi connectivity index (χ3v) is 5.85. The number of hydrogen-bond donors (Lipinski definition) is 0. The van der Waals surface area contributed by atoms with Gasteiger partial charge < -0.3 is 14.5 Å². The highest BCUT2D eigenvalue weighted by atomic mass is 16.5. The molecule has 0 aliphatic carbocycles. The van der Waals surface area contributed by atoms with Crippen LogP contribution in [0.3, 0.4) is 0 Å². The number of benzene rings is 2. The Labute approximate surface area is 172 Å². The first kappa shape index (κ1) is 19.6. The molecule has 2 aromatic carbocycles. The van der Waals surface area contributed by atoms with E-state index < -0.39 is 0 Å². The second-order valence-corrected chi connectivity index (χ2v) is 7.87. The summed E-state index contributed by atoms with van der Waals surface area (Å²) in [6.07, 6.45) is 2.58. The summed E-state index contributed by atoms with van der Waals surface area (Å²) in [5.74, 6) is 0.268. The number of rotatable bonds is 6. The maximum atomic E-state index is 12.8. The van der Waals surface area contributed by atoms with Crippen LogP contribution in [0.5, 0.6) is 0 Å². The maximum absolute atomic E-state index is 12.8. The lowest BCUT2D eigenvalue weighted by molar-refractivity contribution is -0.135. The lowest BCUT2D eigenvalue weighted by Gasteiger charge is -2.29. The Morgan fingerprint density at radius 2 is 1.66 bits per heavy atom. The molecule has 5 nitrogen and oxygen atoms in total. The molecule has 2 saturated heterocycles. The summed E-state index contributed by atoms with van der Waals surface area (Å²) in [5, 5.41) is 0. The van der Waals surface area contributed by atoms with Gasteiger partial charge in [-0.15, -0.1) is 0 Å². The molecule has 0 N–H and O–H groups in total. The molecule has 0 unspecified atom stereocenters. The maximum Gasteiger partial charge on any atom is 0.225 e. The van der Waals surface area contributed by atoms with E-state index in [-0.39, 0.29) is 24.0 Å². The van der Waals surface area contributed by atoms with E-state index in [2.05, 4.69) is 12.1 Å². The lowest BCUT2D eigenvalue weighted by Crippen LogP contribution is -2.45. The third-order valence-electron chi connectivity index (χ3n) is 5.85. The fourth-order valence-corrected chi connectivity index (χ4v) is 4.28. The molecule has 5 heteroatoms. The van der Waals surface area contributed by atoms with Crippen molar-refractivity contribution in [3.05, 3.63) is 71.8 Å². The summed E-state index contributed by atoms with van der Waals surface area (Å²) in [6, 6.07) is 20.2. The quantitative estimate of drug-likeness (QED) is 0.759. The third kappa shape index (κ3) is 4.85. The van der Waals surface area contributed by atoms with Crippen LogP contribution in [0, 0.1) is 0 Å². The zero-order valence-corrected chi connectivity index (χ0v) is 16.7. The van der Waals surface area contributed by atoms with Crippen LogP contribution in [0.4, 0.5) is 0 Å². The van der Waals surface area contributed by atoms with Crippen LogP contribution in [0.2, 0.25) is 0 Å². The van der Waals surface area contributed by atoms with Crippen LogP contribution >= 0.6 is 0 Å². The van der Waals surface area contributed by atoms with E-state index in [1.54, 1.807) is 0 Å². The van der Waals surface area contributed by atoms with Crippen LogP contribution < -0.4 is 0 Å². The second kappa shape index (κ2) is 9.23. The van der Waals surface area contributed by atoms with Gasteiger partial charge >= 0.3 is 0 Å². The van der Waals surface area contributed by atoms with Crippen molar-refractivity contribution in [2.45, 2.75) is 44.4 Å². The fourth-order valence-electron chi connectivity index (χ4n) is 4.28. The molecule has 0 spiro atoms. The number of ether oxygens (including phenoxy) is 1. The summed E-state index contributed by atoms with van der Waals surface area (Å²) in [4.78, 5) is 29.3. The highest BCUT2D eigenvalue weighted by Gasteiger charge is 2.42. The van der Waals surface area contributed by atoms with Crippen LogP contribution in [-0.2, 0) is 27.3 Å². The molecule has 152 valence electrons. The monoisotopic (exact) mass is 392 g/mol. The summed E-state index contributed by atoms with van der Waals surface area (Å²) >= 11 is 0. The standard InChI is InChI=1S/C24H28N2O3/c27-23(13-7-12-19-8-3-1-4-9-19)25-17-21-22(18-25)29-15-14-24(28)26(21)16-20-10-5-2-6-11-20/h1-6,8-11,21-22H,7,12-18H2/t21-,22-/m0/s1. The molecule has 0 bridgehead atoms. The minimum Gasteiger partial charge on any atom is -0.374 e. The van der Waals surface area contributed by atoms with Gasteiger partial charge in [0.15, 0.2) is 0 Å². The van der Waals surface area contributed by atoms with Gasteiger partial charge in [0.2, 0.25) is 11.8 Å². The van der Waals surface area contributed by atoms with E-state index in [0.29, 0.717) is 39.1 Å². The smallest absolute Gasteiger partial charge is 0.225 e. The fraction of sp³-hybridized carbons (Fsp3) is 0.417. The van der Waals surface area contributed by atoms with Crippen molar-refractivity contribution in [3.63, 3.8) is 0 Å². The molecule has 0 saturated carbocycles. The van der Waals surface area contributed by atoms with E-state index in [1.807, 2.05) is 58.3 Å². The Kier molecular flexibility index (Phi) is 6.25. The molecule has 2 aliphatic rings. The number of carbonyl (C=O) groups is 2. The van der Waals surface area contributed by atoms with Gasteiger partial charge in [-0.05, 0) is 24.0 Å². The van der Waals surface area contributed by atoms with E-state index in [4.69, 9.17) is 4.74 Å². The number of likely N-dealkylation sites (tertiary alicyclic amines) is 1. The lowest BCUT2D eigenvalue weighted by atomic mass is 10.1. The van der Waals surface area contributed by atoms with E-state index in [9.17, 15) is 9.59 Å². The first-order valence-electron chi connectivity index (χ1n) is 10.5. The molecule has 0 aromatic heterocycles. The number of hydrogen-bond acceptors (Lipinski definition) is 3. The molecular weight excluding hydrogens is 364 g/mol. The number of amides is 2. The molecule has 2 amide bonds. The van der Waals surface area contributed by atoms with Crippen LogP contribution in [0.25, 0.3) is 0 Å². The van der Waals surface area contributed by atoms with Crippen molar-refractivity contribution < 1.29 is 14.3 Å². The SMILES string of the molecule is O=C(CCCc1ccccc1)N1C[C@@H]2OCCC(=O)N(Cc3ccccc3)[C@H]2C1. The summed E-state index contributed by atoms with van der Waals surface area (Å²) in [7, 11) is 0. The minimum absolute atomic E-state index is 0.0664. The zero-order valence-electron chi connectivity index (χ0n) is 16.7. The van der Waals surface area contributed by atoms with Gasteiger partial charge in [0.05, 0.1) is 25.2 Å². The normalized spacial score (nSPS) is 21.7. The van der Waals surface area contributed by atoms with Crippen molar-refractivity contribution in [3.8, 4) is 0 Å². The van der Waals surface area contributed by atoms with Crippen molar-refractivity contribution in [1.82, 2.24) is 9.80 Å². The second-order valence-electron chi connectivity index (χ2n) is 7.87. The average Bonchev–Trinajstić information content (AvgIpc) is 3.11. The van der Waals surface area contributed by atoms with Crippen molar-refractivity contribution in [1.29, 1.82) is 0 Å². The number of fused-ring (bicyclic) bond motifs is 1. The van der Waals surface area contributed by atoms with Crippen LogP contribution in [0.15, 0.2) is 60.7 Å². The van der Waals surface area contributed by atoms with Crippen LogP contribution in [0.1, 0.15) is 30.4 Å². The molecular formula is C24H28N2O3. The van der Waals surface area contributed by atoms with E-state index >= 15 is 0 Å². The van der Waals surface area contributed by atoms with Crippen molar-refractivity contribution in [2.75, 3.05) is 19.7 Å². The number of nitrogens with zero attached hydrogens (tertiary/aromatic N) is 2. The molecule has 2 atom stereocenters. The topological polar surface area (TPSA) is 49.9 Å². The van der Waals surface area contributed by atoms with Crippen molar-refractivity contribution >= 4 is 11.8 Å². The summed E-state index contributed by atoms with van der Waals surface area (Å²) in [5.41, 5.74) is 2.36. The Balaban J connectivity index is 1.37. The predicted octanol–water partition coefficient (Wildman–Crippen LogP) is 3.04. The highest BCUT2D eigenvalue weighted by molar-refractivity contribution is 5.79. The number of carbonyl (C=O) groups excluding carboxylic acids is 2. The van der Waals surface area contributed by atoms with Crippen LogP contribution in [-0.4, -0.2) is 53.5 Å². The van der Waals surface area contributed by atoms with Gasteiger partial charge in [-0.25, -0.2) is 0 Å². The Morgan fingerprint density at radius 3 is 2.38 bits per heavy atom. The molecule has 2 fully saturated rings. The summed E-state index contributed by atoms with van der Waals surface area (Å²) < 4.78 is 5.96. The van der Waals surface area contributed by atoms with Gasteiger partial charge in [-0.2, -0.15) is 0 Å². The van der Waals surface area contributed by atoms with E-state index in [0.717, 1.165) is 18.4 Å². The van der Waals surface area contributed by atoms with Gasteiger partial charge in [0.1, 0.15) is 0 Å². The average molecular weight is 392 g/mol. The first-order chi connectivity index (χ1) is 14.2. The summed E-state index contributed by atoms with van der Waals surface area (Å²) in [6.45, 7) is 2.14. The van der Waals surface area contributed by atoms with Gasteiger partial charge in [0.25, 0.3) is 0 Å². The molecule has 2 aliphatic heterocycles. The largest absolute Gasteiger partial charge is 0.374 e. The van der Waals surface area contributed by atoms with E-state index in [1.165, 1.54) is 5.56 Å². The Morgan fingerprint density at radius 1 is 0.966 bits per heavy atom. The molecule has 2 aromatic rings. The molecule has 4 rings (SSSR count). The van der Waals surface area contributed by atoms with Crippen molar-refractivity contribution in [2.24, 2.45) is 0 Å². The molecule has 29 heavy (non-hydrogen) atoms. The van der Waals surface area contributed by atoms with Gasteiger partial charge in [-0.3, -0.25) is 9.59 Å². The predicted molar refractivity (Wildman–Crippen MR) is 111 cm³/mol. The molecule has 2 heterocycles. The van der Waals surface area contributed by atoms with Gasteiger partial charge in [0, 0.05) is 26.1 Å². The minimum atomic E-state index is -0.0942. The Bertz CT molecular complexity index is 825. The molecule has 0 radical (unpaired) electrons. The van der Waals surface area contributed by atoms with Gasteiger partial charge in [-0.1, -0.05) is 60.7 Å².